The fourth-order valence-electron chi connectivity index (χ4n) is 3.07. The molecular formula is C21H22N6O2. The Morgan fingerprint density at radius 1 is 1.07 bits per heavy atom. The van der Waals surface area contributed by atoms with E-state index in [0.717, 1.165) is 30.2 Å². The van der Waals surface area contributed by atoms with Gasteiger partial charge in [-0.1, -0.05) is 6.07 Å². The molecule has 1 saturated heterocycles. The molecule has 1 aliphatic heterocycles. The molecule has 3 aromatic rings. The summed E-state index contributed by atoms with van der Waals surface area (Å²) in [6, 6.07) is 11.0. The third-order valence-corrected chi connectivity index (χ3v) is 4.68. The van der Waals surface area contributed by atoms with Gasteiger partial charge < -0.3 is 20.3 Å². The number of carbonyl (C=O) groups is 1. The third kappa shape index (κ3) is 4.67. The van der Waals surface area contributed by atoms with Crippen LogP contribution in [0.1, 0.15) is 15.9 Å². The highest BCUT2D eigenvalue weighted by molar-refractivity contribution is 6.05. The van der Waals surface area contributed by atoms with E-state index in [4.69, 9.17) is 4.74 Å². The van der Waals surface area contributed by atoms with Crippen LogP contribution in [-0.4, -0.2) is 47.2 Å². The maximum absolute atomic E-state index is 12.8. The summed E-state index contributed by atoms with van der Waals surface area (Å²) in [5.41, 5.74) is 3.17. The Labute approximate surface area is 169 Å². The molecule has 4 rings (SSSR count). The predicted molar refractivity (Wildman–Crippen MR) is 112 cm³/mol. The van der Waals surface area contributed by atoms with Crippen molar-refractivity contribution in [1.82, 2.24) is 15.0 Å². The van der Waals surface area contributed by atoms with Crippen LogP contribution in [0, 0.1) is 6.92 Å². The van der Waals surface area contributed by atoms with E-state index >= 15 is 0 Å². The number of ether oxygens (including phenoxy) is 1. The summed E-state index contributed by atoms with van der Waals surface area (Å²) in [5, 5.41) is 6.21. The first-order valence-corrected chi connectivity index (χ1v) is 9.43. The minimum atomic E-state index is -0.182. The number of pyridine rings is 1. The molecule has 2 N–H and O–H groups in total. The van der Waals surface area contributed by atoms with Crippen molar-refractivity contribution in [2.24, 2.45) is 0 Å². The highest BCUT2D eigenvalue weighted by Crippen LogP contribution is 2.24. The molecule has 0 spiro atoms. The van der Waals surface area contributed by atoms with Gasteiger partial charge in [-0.05, 0) is 42.8 Å². The van der Waals surface area contributed by atoms with Crippen molar-refractivity contribution in [1.29, 1.82) is 0 Å². The SMILES string of the molecule is Cc1ccc(NC(=O)c2ccnc(N3CCOCC3)c2)cc1Nc1ccncn1. The van der Waals surface area contributed by atoms with Gasteiger partial charge in [0.15, 0.2) is 0 Å². The molecule has 0 radical (unpaired) electrons. The molecule has 0 bridgehead atoms. The Balaban J connectivity index is 1.49. The molecule has 0 saturated carbocycles. The van der Waals surface area contributed by atoms with Gasteiger partial charge in [0, 0.05) is 42.4 Å². The summed E-state index contributed by atoms with van der Waals surface area (Å²) in [4.78, 5) is 27.4. The normalized spacial score (nSPS) is 13.8. The summed E-state index contributed by atoms with van der Waals surface area (Å²) >= 11 is 0. The molecule has 1 aromatic carbocycles. The quantitative estimate of drug-likeness (QED) is 0.692. The number of rotatable bonds is 5. The van der Waals surface area contributed by atoms with Gasteiger partial charge in [-0.15, -0.1) is 0 Å². The molecule has 8 heteroatoms. The van der Waals surface area contributed by atoms with Crippen LogP contribution in [0.2, 0.25) is 0 Å². The van der Waals surface area contributed by atoms with Gasteiger partial charge in [0.05, 0.1) is 13.2 Å². The Bertz CT molecular complexity index is 989. The maximum Gasteiger partial charge on any atom is 0.255 e. The number of nitrogens with one attached hydrogen (secondary N) is 2. The van der Waals surface area contributed by atoms with Crippen LogP contribution in [0.25, 0.3) is 0 Å². The lowest BCUT2D eigenvalue weighted by molar-refractivity contribution is 0.102. The van der Waals surface area contributed by atoms with Crippen molar-refractivity contribution in [2.45, 2.75) is 6.92 Å². The smallest absolute Gasteiger partial charge is 0.255 e. The topological polar surface area (TPSA) is 92.3 Å². The second-order valence-electron chi connectivity index (χ2n) is 6.71. The number of benzene rings is 1. The van der Waals surface area contributed by atoms with Crippen molar-refractivity contribution in [3.63, 3.8) is 0 Å². The Kier molecular flexibility index (Phi) is 5.62. The van der Waals surface area contributed by atoms with Gasteiger partial charge in [0.2, 0.25) is 0 Å². The van der Waals surface area contributed by atoms with Crippen LogP contribution in [0.4, 0.5) is 23.0 Å². The van der Waals surface area contributed by atoms with Crippen LogP contribution < -0.4 is 15.5 Å². The number of morpholine rings is 1. The van der Waals surface area contributed by atoms with Crippen LogP contribution in [-0.2, 0) is 4.74 Å². The van der Waals surface area contributed by atoms with Crippen molar-refractivity contribution in [3.05, 3.63) is 66.2 Å². The lowest BCUT2D eigenvalue weighted by Crippen LogP contribution is -2.36. The van der Waals surface area contributed by atoms with Crippen LogP contribution in [0.15, 0.2) is 55.1 Å². The lowest BCUT2D eigenvalue weighted by Gasteiger charge is -2.27. The first-order valence-electron chi connectivity index (χ1n) is 9.43. The average molecular weight is 390 g/mol. The van der Waals surface area contributed by atoms with E-state index in [1.54, 1.807) is 24.5 Å². The van der Waals surface area contributed by atoms with Gasteiger partial charge >= 0.3 is 0 Å². The summed E-state index contributed by atoms with van der Waals surface area (Å²) < 4.78 is 5.38. The number of amides is 1. The summed E-state index contributed by atoms with van der Waals surface area (Å²) in [7, 11) is 0. The number of anilines is 4. The molecule has 8 nitrogen and oxygen atoms in total. The number of hydrogen-bond acceptors (Lipinski definition) is 7. The van der Waals surface area contributed by atoms with E-state index in [9.17, 15) is 4.79 Å². The van der Waals surface area contributed by atoms with Crippen LogP contribution in [0.5, 0.6) is 0 Å². The molecule has 0 atom stereocenters. The zero-order valence-electron chi connectivity index (χ0n) is 16.1. The summed E-state index contributed by atoms with van der Waals surface area (Å²) in [6.45, 7) is 4.88. The molecule has 1 fully saturated rings. The highest BCUT2D eigenvalue weighted by atomic mass is 16.5. The fraction of sp³-hybridized carbons (Fsp3) is 0.238. The van der Waals surface area contributed by atoms with Gasteiger partial charge in [-0.2, -0.15) is 0 Å². The van der Waals surface area contributed by atoms with E-state index in [2.05, 4.69) is 30.5 Å². The van der Waals surface area contributed by atoms with Crippen molar-refractivity contribution in [3.8, 4) is 0 Å². The van der Waals surface area contributed by atoms with Gasteiger partial charge in [0.25, 0.3) is 5.91 Å². The minimum absolute atomic E-state index is 0.182. The molecule has 3 heterocycles. The summed E-state index contributed by atoms with van der Waals surface area (Å²) in [5.74, 6) is 1.30. The summed E-state index contributed by atoms with van der Waals surface area (Å²) in [6.07, 6.45) is 4.82. The van der Waals surface area contributed by atoms with Crippen molar-refractivity contribution < 1.29 is 9.53 Å². The molecular weight excluding hydrogens is 368 g/mol. The zero-order chi connectivity index (χ0) is 20.1. The van der Waals surface area contributed by atoms with E-state index in [1.165, 1.54) is 6.33 Å². The van der Waals surface area contributed by atoms with Crippen LogP contribution >= 0.6 is 0 Å². The number of carbonyl (C=O) groups excluding carboxylic acids is 1. The number of hydrogen-bond donors (Lipinski definition) is 2. The largest absolute Gasteiger partial charge is 0.378 e. The van der Waals surface area contributed by atoms with E-state index in [-0.39, 0.29) is 5.91 Å². The molecule has 2 aromatic heterocycles. The average Bonchev–Trinajstić information content (AvgIpc) is 2.77. The first-order chi connectivity index (χ1) is 14.2. The third-order valence-electron chi connectivity index (χ3n) is 4.68. The van der Waals surface area contributed by atoms with Crippen molar-refractivity contribution >= 4 is 28.9 Å². The Morgan fingerprint density at radius 3 is 2.72 bits per heavy atom. The second-order valence-corrected chi connectivity index (χ2v) is 6.71. The standard InChI is InChI=1S/C21H22N6O2/c1-15-2-3-17(13-18(15)26-19-5-6-22-14-24-19)25-21(28)16-4-7-23-20(12-16)27-8-10-29-11-9-27/h2-7,12-14H,8-11H2,1H3,(H,25,28)(H,22,24,26). The molecule has 0 aliphatic carbocycles. The maximum atomic E-state index is 12.8. The lowest BCUT2D eigenvalue weighted by atomic mass is 10.1. The molecule has 148 valence electrons. The molecule has 0 unspecified atom stereocenters. The number of aromatic nitrogens is 3. The van der Waals surface area contributed by atoms with Gasteiger partial charge in [-0.25, -0.2) is 15.0 Å². The number of nitrogens with zero attached hydrogens (tertiary/aromatic N) is 4. The van der Waals surface area contributed by atoms with E-state index < -0.39 is 0 Å². The second kappa shape index (κ2) is 8.66. The van der Waals surface area contributed by atoms with Gasteiger partial charge in [0.1, 0.15) is 18.0 Å². The first kappa shape index (κ1) is 18.8. The minimum Gasteiger partial charge on any atom is -0.378 e. The highest BCUT2D eigenvalue weighted by Gasteiger charge is 2.15. The van der Waals surface area contributed by atoms with E-state index in [1.807, 2.05) is 31.2 Å². The molecule has 1 aliphatic rings. The fourth-order valence-corrected chi connectivity index (χ4v) is 3.07. The van der Waals surface area contributed by atoms with Crippen molar-refractivity contribution in [2.75, 3.05) is 41.8 Å². The zero-order valence-corrected chi connectivity index (χ0v) is 16.1. The predicted octanol–water partition coefficient (Wildman–Crippen LogP) is 3.01. The molecule has 1 amide bonds. The Morgan fingerprint density at radius 2 is 1.93 bits per heavy atom. The Hall–Kier alpha value is -3.52. The van der Waals surface area contributed by atoms with Gasteiger partial charge in [-0.3, -0.25) is 4.79 Å². The molecule has 29 heavy (non-hydrogen) atoms. The monoisotopic (exact) mass is 390 g/mol. The van der Waals surface area contributed by atoms with Crippen LogP contribution in [0.3, 0.4) is 0 Å². The van der Waals surface area contributed by atoms with E-state index in [0.29, 0.717) is 30.3 Å². The number of aryl methyl sites for hydroxylation is 1.